The van der Waals surface area contributed by atoms with Crippen molar-refractivity contribution in [1.82, 2.24) is 9.80 Å². The minimum absolute atomic E-state index is 0.138. The predicted octanol–water partition coefficient (Wildman–Crippen LogP) is 7.17. The van der Waals surface area contributed by atoms with E-state index in [-0.39, 0.29) is 5.60 Å². The molecule has 5 aliphatic heterocycles. The molecule has 2 aromatic rings. The van der Waals surface area contributed by atoms with Crippen LogP contribution in [0.4, 0.5) is 0 Å². The molecule has 7 rings (SSSR count). The Kier molecular flexibility index (Phi) is 9.43. The second-order valence-corrected chi connectivity index (χ2v) is 14.5. The monoisotopic (exact) mass is 618 g/mol. The zero-order valence-electron chi connectivity index (χ0n) is 28.8. The lowest BCUT2D eigenvalue weighted by Gasteiger charge is -2.42. The van der Waals surface area contributed by atoms with E-state index in [1.807, 2.05) is 0 Å². The van der Waals surface area contributed by atoms with Crippen molar-refractivity contribution in [2.24, 2.45) is 11.8 Å². The van der Waals surface area contributed by atoms with E-state index in [2.05, 4.69) is 67.8 Å². The zero-order chi connectivity index (χ0) is 31.9. The normalized spacial score (nSPS) is 26.7. The molecule has 2 saturated heterocycles. The van der Waals surface area contributed by atoms with E-state index >= 15 is 0 Å². The Morgan fingerprint density at radius 1 is 0.756 bits per heavy atom. The van der Waals surface area contributed by atoms with Crippen molar-refractivity contribution in [3.8, 4) is 23.0 Å². The Morgan fingerprint density at radius 2 is 1.31 bits per heavy atom. The van der Waals surface area contributed by atoms with Crippen molar-refractivity contribution in [2.45, 2.75) is 90.0 Å². The van der Waals surface area contributed by atoms with Crippen molar-refractivity contribution in [3.05, 3.63) is 58.2 Å². The molecule has 4 atom stereocenters. The first-order chi connectivity index (χ1) is 21.7. The van der Waals surface area contributed by atoms with Crippen LogP contribution in [0.1, 0.15) is 87.7 Å². The van der Waals surface area contributed by atoms with Crippen molar-refractivity contribution in [1.29, 1.82) is 0 Å². The maximum absolute atomic E-state index is 6.19. The number of rotatable bonds is 8. The largest absolute Gasteiger partial charge is 0.493 e. The first kappa shape index (κ1) is 32.2. The maximum Gasteiger partial charge on any atom is 0.161 e. The molecule has 0 aromatic heterocycles. The quantitative estimate of drug-likeness (QED) is 0.230. The molecule has 2 aromatic carbocycles. The summed E-state index contributed by atoms with van der Waals surface area (Å²) in [5.74, 6) is 4.81. The standard InChI is InChI=1S/C19H27NO3.C19H27NO2/c1-12(2)10-19-11-20-6-5-13-7-16(21-3)17(22-4)8-14(13)15(20)9-18(19)23-19;1-13(2)9-14-5-6-17-16-11-19(22-4)18(21-3)10-15(16)7-8-20(17)12-14/h7-8,12,15,18H,5-6,9-11H2,1-4H3;5,10-11,13,17H,6-9,12H2,1-4H3/t15-,18?,19?;17-/m11/s1. The van der Waals surface area contributed by atoms with Gasteiger partial charge in [-0.25, -0.2) is 0 Å². The molecule has 246 valence electrons. The molecule has 0 aliphatic carbocycles. The molecule has 0 radical (unpaired) electrons. The molecule has 0 N–H and O–H groups in total. The summed E-state index contributed by atoms with van der Waals surface area (Å²) in [5, 5.41) is 0. The molecule has 2 unspecified atom stereocenters. The zero-order valence-corrected chi connectivity index (χ0v) is 28.8. The maximum atomic E-state index is 6.19. The molecule has 45 heavy (non-hydrogen) atoms. The lowest BCUT2D eigenvalue weighted by molar-refractivity contribution is 0.112. The fraction of sp³-hybridized carbons (Fsp3) is 0.632. The lowest BCUT2D eigenvalue weighted by Crippen LogP contribution is -2.47. The molecule has 2 fully saturated rings. The number of hydrogen-bond acceptors (Lipinski definition) is 7. The highest BCUT2D eigenvalue weighted by molar-refractivity contribution is 5.51. The SMILES string of the molecule is COc1cc2c(cc1OC)[C@H]1CC3OC3(CC(C)C)CN1CC2.COc1cc2c(cc1OC)[C@H]1CC=C(CC(C)C)CN1CC2. The topological polar surface area (TPSA) is 55.9 Å². The van der Waals surface area contributed by atoms with Crippen LogP contribution >= 0.6 is 0 Å². The summed E-state index contributed by atoms with van der Waals surface area (Å²) in [7, 11) is 6.84. The molecule has 0 amide bonds. The van der Waals surface area contributed by atoms with E-state index in [0.29, 0.717) is 24.1 Å². The number of piperidine rings is 1. The smallest absolute Gasteiger partial charge is 0.161 e. The van der Waals surface area contributed by atoms with Crippen LogP contribution in [0.5, 0.6) is 23.0 Å². The molecule has 0 saturated carbocycles. The van der Waals surface area contributed by atoms with Gasteiger partial charge in [-0.2, -0.15) is 0 Å². The van der Waals surface area contributed by atoms with Crippen LogP contribution in [0.2, 0.25) is 0 Å². The number of epoxide rings is 1. The van der Waals surface area contributed by atoms with Crippen LogP contribution in [0.25, 0.3) is 0 Å². The molecular formula is C38H54N2O5. The number of fused-ring (bicyclic) bond motifs is 7. The molecule has 5 heterocycles. The third kappa shape index (κ3) is 6.45. The molecule has 0 bridgehead atoms. The second-order valence-electron chi connectivity index (χ2n) is 14.5. The van der Waals surface area contributed by atoms with Crippen LogP contribution < -0.4 is 18.9 Å². The first-order valence-corrected chi connectivity index (χ1v) is 17.0. The number of methoxy groups -OCH3 is 4. The van der Waals surface area contributed by atoms with Crippen molar-refractivity contribution < 1.29 is 23.7 Å². The van der Waals surface area contributed by atoms with Gasteiger partial charge in [-0.1, -0.05) is 39.3 Å². The number of nitrogens with zero attached hydrogens (tertiary/aromatic N) is 2. The van der Waals surface area contributed by atoms with Gasteiger partial charge in [0.1, 0.15) is 5.60 Å². The first-order valence-electron chi connectivity index (χ1n) is 17.0. The summed E-state index contributed by atoms with van der Waals surface area (Å²) in [5.41, 5.74) is 7.39. The number of benzene rings is 2. The molecule has 5 aliphatic rings. The van der Waals surface area contributed by atoms with Crippen LogP contribution in [0.3, 0.4) is 0 Å². The minimum atomic E-state index is 0.138. The Morgan fingerprint density at radius 3 is 1.87 bits per heavy atom. The summed E-state index contributed by atoms with van der Waals surface area (Å²) in [6, 6.07) is 9.66. The van der Waals surface area contributed by atoms with Crippen molar-refractivity contribution in [2.75, 3.05) is 54.6 Å². The van der Waals surface area contributed by atoms with Crippen LogP contribution in [-0.4, -0.2) is 76.1 Å². The Hall–Kier alpha value is -2.74. The molecular weight excluding hydrogens is 564 g/mol. The van der Waals surface area contributed by atoms with Gasteiger partial charge in [-0.15, -0.1) is 0 Å². The Bertz CT molecular complexity index is 1400. The fourth-order valence-corrected chi connectivity index (χ4v) is 8.50. The number of ether oxygens (including phenoxy) is 5. The van der Waals surface area contributed by atoms with Gasteiger partial charge >= 0.3 is 0 Å². The minimum Gasteiger partial charge on any atom is -0.493 e. The summed E-state index contributed by atoms with van der Waals surface area (Å²) in [6.45, 7) is 13.6. The van der Waals surface area contributed by atoms with E-state index in [9.17, 15) is 0 Å². The van der Waals surface area contributed by atoms with E-state index in [4.69, 9.17) is 23.7 Å². The average molecular weight is 619 g/mol. The average Bonchev–Trinajstić information content (AvgIpc) is 3.73. The second kappa shape index (κ2) is 13.2. The Balaban J connectivity index is 0.000000159. The highest BCUT2D eigenvalue weighted by atomic mass is 16.6. The Labute approximate surface area is 270 Å². The van der Waals surface area contributed by atoms with Crippen molar-refractivity contribution >= 4 is 0 Å². The molecule has 7 heteroatoms. The summed E-state index contributed by atoms with van der Waals surface area (Å²) in [4.78, 5) is 5.26. The highest BCUT2D eigenvalue weighted by Gasteiger charge is 2.61. The summed E-state index contributed by atoms with van der Waals surface area (Å²) < 4.78 is 28.1. The van der Waals surface area contributed by atoms with Gasteiger partial charge in [0.05, 0.1) is 34.5 Å². The summed E-state index contributed by atoms with van der Waals surface area (Å²) in [6.07, 6.45) is 9.70. The summed E-state index contributed by atoms with van der Waals surface area (Å²) >= 11 is 0. The van der Waals surface area contributed by atoms with Crippen LogP contribution in [0.15, 0.2) is 35.9 Å². The number of hydrogen-bond donors (Lipinski definition) is 0. The van der Waals surface area contributed by atoms with Gasteiger partial charge in [0.2, 0.25) is 0 Å². The molecule has 0 spiro atoms. The van der Waals surface area contributed by atoms with Gasteiger partial charge in [0.15, 0.2) is 23.0 Å². The van der Waals surface area contributed by atoms with Crippen LogP contribution in [0, 0.1) is 11.8 Å². The van der Waals surface area contributed by atoms with Gasteiger partial charge < -0.3 is 23.7 Å². The van der Waals surface area contributed by atoms with Gasteiger partial charge in [-0.3, -0.25) is 9.80 Å². The lowest BCUT2D eigenvalue weighted by atomic mass is 9.81. The van der Waals surface area contributed by atoms with Gasteiger partial charge in [0, 0.05) is 38.3 Å². The van der Waals surface area contributed by atoms with Gasteiger partial charge in [-0.05, 0) is 96.9 Å². The van der Waals surface area contributed by atoms with E-state index in [1.54, 1.807) is 34.0 Å². The molecule has 7 nitrogen and oxygen atoms in total. The fourth-order valence-electron chi connectivity index (χ4n) is 8.50. The third-order valence-electron chi connectivity index (χ3n) is 10.5. The van der Waals surface area contributed by atoms with Crippen LogP contribution in [-0.2, 0) is 17.6 Å². The van der Waals surface area contributed by atoms with Crippen molar-refractivity contribution in [3.63, 3.8) is 0 Å². The predicted molar refractivity (Wildman–Crippen MR) is 179 cm³/mol. The highest BCUT2D eigenvalue weighted by Crippen LogP contribution is 2.54. The third-order valence-corrected chi connectivity index (χ3v) is 10.5. The van der Waals surface area contributed by atoms with E-state index in [0.717, 1.165) is 80.8 Å². The van der Waals surface area contributed by atoms with Gasteiger partial charge in [0.25, 0.3) is 0 Å². The van der Waals surface area contributed by atoms with E-state index in [1.165, 1.54) is 35.1 Å². The van der Waals surface area contributed by atoms with E-state index < -0.39 is 0 Å².